The summed E-state index contributed by atoms with van der Waals surface area (Å²) in [6.07, 6.45) is 1.84. The van der Waals surface area contributed by atoms with Crippen LogP contribution in [0.2, 0.25) is 0 Å². The van der Waals surface area contributed by atoms with Crippen molar-refractivity contribution in [3.05, 3.63) is 146 Å². The Morgan fingerprint density at radius 2 is 1.45 bits per heavy atom. The summed E-state index contributed by atoms with van der Waals surface area (Å²) in [5.41, 5.74) is 9.87. The molecule has 0 amide bonds. The van der Waals surface area contributed by atoms with E-state index in [1.807, 2.05) is 18.3 Å². The Kier molecular flexibility index (Phi) is 5.89. The lowest BCUT2D eigenvalue weighted by Crippen LogP contribution is -2.68. The van der Waals surface area contributed by atoms with Gasteiger partial charge in [0.05, 0.1) is 24.7 Å². The van der Waals surface area contributed by atoms with Crippen LogP contribution in [0, 0.1) is 6.67 Å². The first-order valence-electron chi connectivity index (χ1n) is 16.3. The van der Waals surface area contributed by atoms with Crippen LogP contribution in [0.1, 0.15) is 26.3 Å². The largest absolute Gasteiger partial charge is 0.457 e. The second kappa shape index (κ2) is 9.88. The second-order valence-electron chi connectivity index (χ2n) is 14.3. The van der Waals surface area contributed by atoms with Gasteiger partial charge in [-0.15, -0.1) is 0 Å². The fourth-order valence-corrected chi connectivity index (χ4v) is 7.73. The molecule has 5 heterocycles. The summed E-state index contributed by atoms with van der Waals surface area (Å²) in [4.78, 5) is 4.71. The van der Waals surface area contributed by atoms with Gasteiger partial charge in [-0.05, 0) is 58.5 Å². The lowest BCUT2D eigenvalue weighted by molar-refractivity contribution is 0.157. The zero-order valence-electron chi connectivity index (χ0n) is 27.2. The molecule has 0 unspecified atom stereocenters. The average Bonchev–Trinajstić information content (AvgIpc) is 3.63. The van der Waals surface area contributed by atoms with Gasteiger partial charge in [-0.25, -0.2) is 4.98 Å². The number of benzene rings is 5. The summed E-state index contributed by atoms with van der Waals surface area (Å²) in [6, 6.07) is 45.4. The summed E-state index contributed by atoms with van der Waals surface area (Å²) in [5.74, 6) is 2.50. The number of para-hydroxylation sites is 1. The summed E-state index contributed by atoms with van der Waals surface area (Å²) in [5, 5.41) is 2.37. The van der Waals surface area contributed by atoms with E-state index in [9.17, 15) is 0 Å². The summed E-state index contributed by atoms with van der Waals surface area (Å²) >= 11 is 0. The first kappa shape index (κ1) is 28.0. The third-order valence-electron chi connectivity index (χ3n) is 10.0. The van der Waals surface area contributed by atoms with Crippen LogP contribution < -0.4 is 13.7 Å². The van der Waals surface area contributed by atoms with Crippen LogP contribution in [0.4, 0.5) is 17.1 Å². The maximum absolute atomic E-state index is 6.83. The van der Waals surface area contributed by atoms with Crippen molar-refractivity contribution in [1.82, 2.24) is 18.5 Å². The molecule has 3 aliphatic heterocycles. The minimum absolute atomic E-state index is 0.0670. The van der Waals surface area contributed by atoms with E-state index >= 15 is 0 Å². The fraction of sp³-hybridized carbons (Fsp3) is 0.143. The van der Waals surface area contributed by atoms with E-state index in [1.54, 1.807) is 0 Å². The lowest BCUT2D eigenvalue weighted by Gasteiger charge is -2.54. The van der Waals surface area contributed by atoms with Crippen molar-refractivity contribution < 1.29 is 4.74 Å². The van der Waals surface area contributed by atoms with Gasteiger partial charge in [0.25, 0.3) is 0 Å². The van der Waals surface area contributed by atoms with E-state index in [-0.39, 0.29) is 5.41 Å². The Morgan fingerprint density at radius 1 is 0.681 bits per heavy atom. The smallest absolute Gasteiger partial charge is 0.181 e. The van der Waals surface area contributed by atoms with Gasteiger partial charge in [0.15, 0.2) is 18.0 Å². The van der Waals surface area contributed by atoms with Crippen molar-refractivity contribution in [3.8, 4) is 28.4 Å². The van der Waals surface area contributed by atoms with Gasteiger partial charge >= 0.3 is 0 Å². The van der Waals surface area contributed by atoms with E-state index in [1.165, 1.54) is 39.0 Å². The van der Waals surface area contributed by atoms with E-state index in [4.69, 9.17) is 9.72 Å². The zero-order chi connectivity index (χ0) is 32.0. The van der Waals surface area contributed by atoms with Crippen molar-refractivity contribution in [1.29, 1.82) is 0 Å². The number of quaternary nitrogens is 2. The third-order valence-corrected chi connectivity index (χ3v) is 10.0. The van der Waals surface area contributed by atoms with Crippen LogP contribution in [-0.2, 0) is 5.41 Å². The molecule has 10 rings (SSSR count). The molecule has 230 valence electrons. The van der Waals surface area contributed by atoms with Gasteiger partial charge in [-0.2, -0.15) is 0 Å². The van der Waals surface area contributed by atoms with Crippen LogP contribution in [0.25, 0.3) is 38.8 Å². The molecule has 3 aliphatic rings. The molecule has 1 fully saturated rings. The molecule has 5 nitrogen and oxygen atoms in total. The Labute approximate surface area is 275 Å². The molecule has 0 radical (unpaired) electrons. The standard InChI is InChI=1S/C42H37N4O/c1-42(2,3)31-17-20-39-40(24-31)46(27-45(39,4)28-46)32-22-30(29-12-6-5-7-13-29)23-34(25-32)47-33-18-19-36-35-14-8-9-15-37(35)44(38(36)26-33)41-16-10-11-21-43-41/h5-27H,28H2,1-4H3/q+1/t45-,46+/m0/s1. The van der Waals surface area contributed by atoms with E-state index in [2.05, 4.69) is 154 Å². The van der Waals surface area contributed by atoms with E-state index in [0.29, 0.717) is 4.48 Å². The molecule has 0 spiro atoms. The number of pyridine rings is 1. The lowest BCUT2D eigenvalue weighted by atomic mass is 9.86. The van der Waals surface area contributed by atoms with Crippen LogP contribution in [0.3, 0.4) is 0 Å². The number of hydrogen-bond donors (Lipinski definition) is 0. The molecule has 1 saturated heterocycles. The predicted octanol–water partition coefficient (Wildman–Crippen LogP) is 10.6. The minimum Gasteiger partial charge on any atom is -0.457 e. The molecule has 0 saturated carbocycles. The Morgan fingerprint density at radius 3 is 2.23 bits per heavy atom. The van der Waals surface area contributed by atoms with Crippen LogP contribution in [-0.4, -0.2) is 23.3 Å². The normalized spacial score (nSPS) is 19.9. The molecular formula is C42H37N4O+. The zero-order valence-corrected chi connectivity index (χ0v) is 27.2. The first-order valence-corrected chi connectivity index (χ1v) is 16.3. The fourth-order valence-electron chi connectivity index (χ4n) is 7.73. The molecule has 5 heteroatoms. The summed E-state index contributed by atoms with van der Waals surface area (Å²) in [6.45, 7) is 10.3. The molecule has 2 aromatic heterocycles. The number of rotatable bonds is 5. The molecule has 47 heavy (non-hydrogen) atoms. The Bertz CT molecular complexity index is 2330. The molecule has 0 aliphatic carbocycles. The number of aromatic nitrogens is 2. The molecule has 5 aromatic carbocycles. The van der Waals surface area contributed by atoms with Gasteiger partial charge in [0.2, 0.25) is 0 Å². The number of hydrogen-bond acceptors (Lipinski definition) is 2. The van der Waals surface area contributed by atoms with Gasteiger partial charge in [0, 0.05) is 47.3 Å². The molecule has 7 aromatic rings. The molecular weight excluding hydrogens is 576 g/mol. The van der Waals surface area contributed by atoms with Crippen LogP contribution >= 0.6 is 0 Å². The number of fused-ring (bicyclic) bond motifs is 3. The van der Waals surface area contributed by atoms with Crippen molar-refractivity contribution >= 4 is 38.9 Å². The predicted molar refractivity (Wildman–Crippen MR) is 194 cm³/mol. The van der Waals surface area contributed by atoms with Gasteiger partial charge in [-0.3, -0.25) is 9.05 Å². The maximum atomic E-state index is 6.83. The van der Waals surface area contributed by atoms with Gasteiger partial charge < -0.3 is 9.22 Å². The van der Waals surface area contributed by atoms with Gasteiger partial charge in [0.1, 0.15) is 23.0 Å². The highest BCUT2D eigenvalue weighted by molar-refractivity contribution is 6.09. The highest BCUT2D eigenvalue weighted by atomic mass is 16.5. The quantitative estimate of drug-likeness (QED) is 0.143. The number of ether oxygens (including phenoxy) is 1. The highest BCUT2D eigenvalue weighted by Crippen LogP contribution is 2.61. The minimum atomic E-state index is 0.0670. The summed E-state index contributed by atoms with van der Waals surface area (Å²) in [7, 11) is 2.31. The highest BCUT2D eigenvalue weighted by Gasteiger charge is 2.59. The SMILES string of the molecule is CC(C)(C)c1ccc2c(c1)[N@+]1(c3cc(Oc4ccc5c6ccccc6n(-c6ccccn6)c5c4)cc(-c4ccccc4)c3)[CH-][N@@+]2(C)C1. The van der Waals surface area contributed by atoms with Gasteiger partial charge in [-0.1, -0.05) is 81.4 Å². The van der Waals surface area contributed by atoms with E-state index in [0.717, 1.165) is 45.1 Å². The molecule has 2 atom stereocenters. The van der Waals surface area contributed by atoms with Crippen LogP contribution in [0.5, 0.6) is 11.5 Å². The maximum Gasteiger partial charge on any atom is 0.181 e. The van der Waals surface area contributed by atoms with Crippen molar-refractivity contribution in [2.24, 2.45) is 0 Å². The van der Waals surface area contributed by atoms with Crippen molar-refractivity contribution in [2.45, 2.75) is 26.2 Å². The van der Waals surface area contributed by atoms with Crippen molar-refractivity contribution in [2.75, 3.05) is 13.7 Å². The Balaban J connectivity index is 1.19. The van der Waals surface area contributed by atoms with Crippen molar-refractivity contribution in [3.63, 3.8) is 0 Å². The summed E-state index contributed by atoms with van der Waals surface area (Å²) < 4.78 is 10.6. The number of nitrogens with zero attached hydrogens (tertiary/aromatic N) is 4. The average molecular weight is 614 g/mol. The van der Waals surface area contributed by atoms with E-state index < -0.39 is 0 Å². The van der Waals surface area contributed by atoms with Crippen LogP contribution in [0.15, 0.2) is 134 Å². The third kappa shape index (κ3) is 4.27. The first-order chi connectivity index (χ1) is 22.7. The molecule has 0 N–H and O–H groups in total. The topological polar surface area (TPSA) is 27.1 Å². The molecule has 2 bridgehead atoms. The second-order valence-corrected chi connectivity index (χ2v) is 14.3. The Hall–Kier alpha value is -5.23. The monoisotopic (exact) mass is 613 g/mol.